The van der Waals surface area contributed by atoms with E-state index in [4.69, 9.17) is 14.2 Å². The Balaban J connectivity index is 0.00000363. The number of benzene rings is 2. The Labute approximate surface area is 206 Å². The fourth-order valence-electron chi connectivity index (χ4n) is 3.04. The van der Waals surface area contributed by atoms with Crippen LogP contribution in [0.2, 0.25) is 0 Å². The molecule has 0 aliphatic carbocycles. The summed E-state index contributed by atoms with van der Waals surface area (Å²) in [4.78, 5) is 16.6. The molecule has 1 aliphatic rings. The number of nitrogens with zero attached hydrogens (tertiary/aromatic N) is 1. The number of carbonyl (C=O) groups is 1. The molecule has 1 heterocycles. The molecule has 32 heavy (non-hydrogen) atoms. The summed E-state index contributed by atoms with van der Waals surface area (Å²) >= 11 is 0. The second kappa shape index (κ2) is 11.8. The number of nitrogens with one attached hydrogen (secondary N) is 3. The molecule has 2 aromatic rings. The Hall–Kier alpha value is -2.69. The number of guanidine groups is 1. The molecule has 0 radical (unpaired) electrons. The fourth-order valence-corrected chi connectivity index (χ4v) is 3.04. The van der Waals surface area contributed by atoms with Gasteiger partial charge in [-0.15, -0.1) is 24.0 Å². The minimum Gasteiger partial charge on any atom is -0.454 e. The Bertz CT molecular complexity index is 916. The van der Waals surface area contributed by atoms with Crippen LogP contribution in [0.1, 0.15) is 37.9 Å². The number of halogens is 1. The molecule has 3 rings (SSSR count). The molecule has 0 saturated carbocycles. The maximum absolute atomic E-state index is 12.3. The number of hydrogen-bond donors (Lipinski definition) is 3. The standard InChI is InChI=1S/C23H30N4O4.HI/c1-23(2,3)31-22(28)27-18(17-8-6-5-7-9-17)14-26-21(24-4)25-13-16-10-11-19-20(12-16)30-15-29-19;/h5-12,18H,13-15H2,1-4H3,(H,27,28)(H2,24,25,26);1H. The molecule has 0 saturated heterocycles. The average Bonchev–Trinajstić information content (AvgIpc) is 3.20. The maximum Gasteiger partial charge on any atom is 0.408 e. The number of hydrogen-bond acceptors (Lipinski definition) is 5. The lowest BCUT2D eigenvalue weighted by Gasteiger charge is -2.25. The highest BCUT2D eigenvalue weighted by Gasteiger charge is 2.21. The molecule has 2 aromatic carbocycles. The van der Waals surface area contributed by atoms with Crippen LogP contribution in [-0.4, -0.2) is 38.0 Å². The van der Waals surface area contributed by atoms with Gasteiger partial charge in [0.1, 0.15) is 5.60 Å². The third-order valence-electron chi connectivity index (χ3n) is 4.49. The molecule has 9 heteroatoms. The zero-order valence-corrected chi connectivity index (χ0v) is 21.1. The molecule has 1 aliphatic heterocycles. The minimum atomic E-state index is -0.568. The summed E-state index contributed by atoms with van der Waals surface area (Å²) in [7, 11) is 1.70. The van der Waals surface area contributed by atoms with Crippen LogP contribution >= 0.6 is 24.0 Å². The predicted octanol–water partition coefficient (Wildman–Crippen LogP) is 3.96. The molecule has 0 fully saturated rings. The molecule has 1 unspecified atom stereocenters. The minimum absolute atomic E-state index is 0. The van der Waals surface area contributed by atoms with E-state index < -0.39 is 11.7 Å². The molecule has 3 N–H and O–H groups in total. The van der Waals surface area contributed by atoms with Crippen molar-refractivity contribution in [2.75, 3.05) is 20.4 Å². The molecule has 0 spiro atoms. The van der Waals surface area contributed by atoms with Gasteiger partial charge in [0.25, 0.3) is 0 Å². The van der Waals surface area contributed by atoms with Crippen LogP contribution in [0.25, 0.3) is 0 Å². The van der Waals surface area contributed by atoms with E-state index >= 15 is 0 Å². The smallest absolute Gasteiger partial charge is 0.408 e. The summed E-state index contributed by atoms with van der Waals surface area (Å²) in [5.41, 5.74) is 1.44. The lowest BCUT2D eigenvalue weighted by Crippen LogP contribution is -2.44. The summed E-state index contributed by atoms with van der Waals surface area (Å²) < 4.78 is 16.2. The van der Waals surface area contributed by atoms with E-state index in [9.17, 15) is 4.79 Å². The normalized spacial score (nSPS) is 13.6. The van der Waals surface area contributed by atoms with Crippen molar-refractivity contribution < 1.29 is 19.0 Å². The lowest BCUT2D eigenvalue weighted by molar-refractivity contribution is 0.0504. The second-order valence-corrected chi connectivity index (χ2v) is 8.10. The van der Waals surface area contributed by atoms with Crippen molar-refractivity contribution in [2.45, 2.75) is 39.0 Å². The first kappa shape index (κ1) is 25.6. The van der Waals surface area contributed by atoms with E-state index in [1.807, 2.05) is 69.3 Å². The molecule has 174 valence electrons. The van der Waals surface area contributed by atoms with Gasteiger partial charge in [-0.25, -0.2) is 4.79 Å². The fraction of sp³-hybridized carbons (Fsp3) is 0.391. The van der Waals surface area contributed by atoms with Gasteiger partial charge in [-0.3, -0.25) is 4.99 Å². The third kappa shape index (κ3) is 7.77. The van der Waals surface area contributed by atoms with Gasteiger partial charge in [-0.05, 0) is 44.0 Å². The van der Waals surface area contributed by atoms with E-state index in [0.29, 0.717) is 19.0 Å². The lowest BCUT2D eigenvalue weighted by atomic mass is 10.1. The summed E-state index contributed by atoms with van der Waals surface area (Å²) in [6.07, 6.45) is -0.466. The number of alkyl carbamates (subject to hydrolysis) is 1. The molecular weight excluding hydrogens is 523 g/mol. The van der Waals surface area contributed by atoms with Crippen molar-refractivity contribution in [3.63, 3.8) is 0 Å². The van der Waals surface area contributed by atoms with Gasteiger partial charge in [-0.2, -0.15) is 0 Å². The van der Waals surface area contributed by atoms with Crippen molar-refractivity contribution in [1.82, 2.24) is 16.0 Å². The van der Waals surface area contributed by atoms with Gasteiger partial charge < -0.3 is 30.2 Å². The first-order valence-electron chi connectivity index (χ1n) is 10.2. The highest BCUT2D eigenvalue weighted by Crippen LogP contribution is 2.32. The van der Waals surface area contributed by atoms with Crippen molar-refractivity contribution in [2.24, 2.45) is 4.99 Å². The van der Waals surface area contributed by atoms with Crippen molar-refractivity contribution in [3.05, 3.63) is 59.7 Å². The molecular formula is C23H31IN4O4. The van der Waals surface area contributed by atoms with Crippen LogP contribution in [0.3, 0.4) is 0 Å². The SMILES string of the molecule is CN=C(NCc1ccc2c(c1)OCO2)NCC(NC(=O)OC(C)(C)C)c1ccccc1.I. The van der Waals surface area contributed by atoms with Crippen LogP contribution in [0, 0.1) is 0 Å². The predicted molar refractivity (Wildman–Crippen MR) is 135 cm³/mol. The first-order valence-corrected chi connectivity index (χ1v) is 10.2. The van der Waals surface area contributed by atoms with E-state index in [0.717, 1.165) is 22.6 Å². The Morgan fingerprint density at radius 3 is 2.50 bits per heavy atom. The first-order chi connectivity index (χ1) is 14.8. The van der Waals surface area contributed by atoms with Gasteiger partial charge in [-0.1, -0.05) is 36.4 Å². The molecule has 1 atom stereocenters. The van der Waals surface area contributed by atoms with E-state index in [2.05, 4.69) is 20.9 Å². The molecule has 8 nitrogen and oxygen atoms in total. The van der Waals surface area contributed by atoms with Crippen molar-refractivity contribution in [1.29, 1.82) is 0 Å². The topological polar surface area (TPSA) is 93.2 Å². The largest absolute Gasteiger partial charge is 0.454 e. The second-order valence-electron chi connectivity index (χ2n) is 8.10. The van der Waals surface area contributed by atoms with E-state index in [1.165, 1.54) is 0 Å². The number of ether oxygens (including phenoxy) is 3. The highest BCUT2D eigenvalue weighted by molar-refractivity contribution is 14.0. The summed E-state index contributed by atoms with van der Waals surface area (Å²) in [5, 5.41) is 9.48. The zero-order valence-electron chi connectivity index (χ0n) is 18.8. The highest BCUT2D eigenvalue weighted by atomic mass is 127. The van der Waals surface area contributed by atoms with Crippen LogP contribution < -0.4 is 25.4 Å². The number of amides is 1. The van der Waals surface area contributed by atoms with Crippen molar-refractivity contribution >= 4 is 36.0 Å². The summed E-state index contributed by atoms with van der Waals surface area (Å²) in [6.45, 7) is 6.76. The Morgan fingerprint density at radius 2 is 1.81 bits per heavy atom. The molecule has 1 amide bonds. The number of carbonyl (C=O) groups excluding carboxylic acids is 1. The Kier molecular flexibility index (Phi) is 9.42. The third-order valence-corrected chi connectivity index (χ3v) is 4.49. The summed E-state index contributed by atoms with van der Waals surface area (Å²) in [6, 6.07) is 15.3. The van der Waals surface area contributed by atoms with Gasteiger partial charge in [0.15, 0.2) is 17.5 Å². The maximum atomic E-state index is 12.3. The van der Waals surface area contributed by atoms with Crippen LogP contribution in [0.4, 0.5) is 4.79 Å². The average molecular weight is 554 g/mol. The number of aliphatic imine (C=N–C) groups is 1. The van der Waals surface area contributed by atoms with Crippen LogP contribution in [-0.2, 0) is 11.3 Å². The van der Waals surface area contributed by atoms with Gasteiger partial charge in [0.2, 0.25) is 6.79 Å². The molecule has 0 aromatic heterocycles. The zero-order chi connectivity index (χ0) is 22.3. The Morgan fingerprint density at radius 1 is 1.09 bits per heavy atom. The monoisotopic (exact) mass is 554 g/mol. The quantitative estimate of drug-likeness (QED) is 0.285. The van der Waals surface area contributed by atoms with Crippen LogP contribution in [0.15, 0.2) is 53.5 Å². The van der Waals surface area contributed by atoms with Gasteiger partial charge in [0.05, 0.1) is 6.04 Å². The van der Waals surface area contributed by atoms with E-state index in [-0.39, 0.29) is 36.8 Å². The number of rotatable bonds is 6. The van der Waals surface area contributed by atoms with Crippen LogP contribution in [0.5, 0.6) is 11.5 Å². The molecule has 0 bridgehead atoms. The van der Waals surface area contributed by atoms with Gasteiger partial charge >= 0.3 is 6.09 Å². The number of fused-ring (bicyclic) bond motifs is 1. The van der Waals surface area contributed by atoms with E-state index in [1.54, 1.807) is 7.05 Å². The van der Waals surface area contributed by atoms with Gasteiger partial charge in [0, 0.05) is 20.1 Å². The van der Waals surface area contributed by atoms with Crippen molar-refractivity contribution in [3.8, 4) is 11.5 Å². The summed E-state index contributed by atoms with van der Waals surface area (Å²) in [5.74, 6) is 2.11.